The molecule has 6 nitrogen and oxygen atoms in total. The van der Waals surface area contributed by atoms with E-state index in [1.54, 1.807) is 17.9 Å². The Labute approximate surface area is 160 Å². The Morgan fingerprint density at radius 1 is 1.19 bits per heavy atom. The van der Waals surface area contributed by atoms with E-state index >= 15 is 0 Å². The predicted molar refractivity (Wildman–Crippen MR) is 99.7 cm³/mol. The number of hydrogen-bond donors (Lipinski definition) is 1. The van der Waals surface area contributed by atoms with Crippen molar-refractivity contribution in [3.05, 3.63) is 59.2 Å². The van der Waals surface area contributed by atoms with Crippen molar-refractivity contribution in [3.8, 4) is 21.4 Å². The van der Waals surface area contributed by atoms with E-state index in [2.05, 4.69) is 20.4 Å². The van der Waals surface area contributed by atoms with Crippen LogP contribution in [-0.4, -0.2) is 25.7 Å². The molecule has 0 fully saturated rings. The molecule has 3 aromatic heterocycles. The molecule has 0 saturated heterocycles. The van der Waals surface area contributed by atoms with E-state index in [1.165, 1.54) is 34.9 Å². The fourth-order valence-electron chi connectivity index (χ4n) is 2.46. The number of anilines is 1. The zero-order valence-electron chi connectivity index (χ0n) is 13.8. The van der Waals surface area contributed by atoms with Crippen molar-refractivity contribution < 1.29 is 13.6 Å². The van der Waals surface area contributed by atoms with E-state index in [1.807, 2.05) is 11.4 Å². The molecule has 0 aliphatic heterocycles. The van der Waals surface area contributed by atoms with Crippen molar-refractivity contribution in [1.82, 2.24) is 19.7 Å². The lowest BCUT2D eigenvalue weighted by Crippen LogP contribution is -2.15. The average molecular weight is 403 g/mol. The Balaban J connectivity index is 1.58. The molecule has 136 valence electrons. The summed E-state index contributed by atoms with van der Waals surface area (Å²) in [6.07, 6.45) is 3.14. The fourth-order valence-corrected chi connectivity index (χ4v) is 3.91. The maximum absolute atomic E-state index is 13.7. The lowest BCUT2D eigenvalue weighted by Gasteiger charge is -2.04. The van der Waals surface area contributed by atoms with Crippen molar-refractivity contribution in [2.75, 3.05) is 5.32 Å². The molecule has 0 aliphatic rings. The van der Waals surface area contributed by atoms with Crippen LogP contribution >= 0.6 is 22.7 Å². The van der Waals surface area contributed by atoms with Gasteiger partial charge in [0.05, 0.1) is 11.9 Å². The van der Waals surface area contributed by atoms with Crippen LogP contribution in [0.3, 0.4) is 0 Å². The molecule has 0 spiro atoms. The van der Waals surface area contributed by atoms with Gasteiger partial charge in [0.15, 0.2) is 0 Å². The van der Waals surface area contributed by atoms with Gasteiger partial charge in [0.2, 0.25) is 0 Å². The van der Waals surface area contributed by atoms with Crippen LogP contribution in [0.25, 0.3) is 21.4 Å². The summed E-state index contributed by atoms with van der Waals surface area (Å²) in [5.41, 5.74) is 0.832. The fraction of sp³-hybridized carbons (Fsp3) is 0.0588. The summed E-state index contributed by atoms with van der Waals surface area (Å²) in [6, 6.07) is 5.12. The Morgan fingerprint density at radius 3 is 2.67 bits per heavy atom. The Kier molecular flexibility index (Phi) is 4.50. The van der Waals surface area contributed by atoms with Crippen molar-refractivity contribution in [1.29, 1.82) is 0 Å². The number of amides is 1. The van der Waals surface area contributed by atoms with E-state index in [4.69, 9.17) is 0 Å². The van der Waals surface area contributed by atoms with E-state index in [-0.39, 0.29) is 0 Å². The van der Waals surface area contributed by atoms with Crippen LogP contribution in [0.4, 0.5) is 13.8 Å². The molecule has 0 atom stereocenters. The van der Waals surface area contributed by atoms with E-state index in [9.17, 15) is 13.6 Å². The highest BCUT2D eigenvalue weighted by Crippen LogP contribution is 2.32. The number of nitrogens with zero attached hydrogens (tertiary/aromatic N) is 4. The van der Waals surface area contributed by atoms with Crippen LogP contribution in [0, 0.1) is 11.6 Å². The summed E-state index contributed by atoms with van der Waals surface area (Å²) in [6.45, 7) is 0. The summed E-state index contributed by atoms with van der Waals surface area (Å²) in [4.78, 5) is 20.7. The van der Waals surface area contributed by atoms with Gasteiger partial charge >= 0.3 is 0 Å². The maximum Gasteiger partial charge on any atom is 0.262 e. The summed E-state index contributed by atoms with van der Waals surface area (Å²) < 4.78 is 29.1. The Bertz CT molecular complexity index is 1100. The van der Waals surface area contributed by atoms with Gasteiger partial charge in [-0.15, -0.1) is 11.3 Å². The van der Waals surface area contributed by atoms with Crippen LogP contribution in [0.15, 0.2) is 42.0 Å². The van der Waals surface area contributed by atoms with Gasteiger partial charge in [0.1, 0.15) is 37.9 Å². The smallest absolute Gasteiger partial charge is 0.262 e. The standard InChI is InChI=1S/C17H11F2N5OS2/c1-24-12(7-11(23-24)16-20-5-6-26-16)17-21-8-13(27-17)22-15(25)14-9(18)3-2-4-10(14)19/h2-8H,1H3,(H,22,25). The van der Waals surface area contributed by atoms with Crippen molar-refractivity contribution in [2.45, 2.75) is 0 Å². The van der Waals surface area contributed by atoms with Crippen LogP contribution in [0.1, 0.15) is 10.4 Å². The second-order valence-electron chi connectivity index (χ2n) is 5.46. The lowest BCUT2D eigenvalue weighted by atomic mass is 10.2. The molecule has 1 aromatic carbocycles. The number of halogens is 2. The summed E-state index contributed by atoms with van der Waals surface area (Å²) in [7, 11) is 1.78. The third-order valence-electron chi connectivity index (χ3n) is 3.68. The van der Waals surface area contributed by atoms with Crippen molar-refractivity contribution >= 4 is 33.6 Å². The third kappa shape index (κ3) is 3.36. The number of carbonyl (C=O) groups is 1. The van der Waals surface area contributed by atoms with Gasteiger partial charge in [0.25, 0.3) is 5.91 Å². The zero-order chi connectivity index (χ0) is 19.0. The molecule has 4 aromatic rings. The average Bonchev–Trinajstić information content (AvgIpc) is 3.35. The first-order chi connectivity index (χ1) is 13.0. The Hall–Kier alpha value is -2.98. The van der Waals surface area contributed by atoms with Gasteiger partial charge in [-0.2, -0.15) is 5.10 Å². The molecule has 0 bridgehead atoms. The molecular formula is C17H11F2N5OS2. The largest absolute Gasteiger partial charge is 0.312 e. The van der Waals surface area contributed by atoms with Gasteiger partial charge in [0, 0.05) is 18.6 Å². The quantitative estimate of drug-likeness (QED) is 0.554. The van der Waals surface area contributed by atoms with Gasteiger partial charge in [-0.1, -0.05) is 17.4 Å². The first-order valence-electron chi connectivity index (χ1n) is 7.68. The third-order valence-corrected chi connectivity index (χ3v) is 5.41. The van der Waals surface area contributed by atoms with Crippen molar-refractivity contribution in [2.24, 2.45) is 7.05 Å². The summed E-state index contributed by atoms with van der Waals surface area (Å²) in [5.74, 6) is -2.71. The lowest BCUT2D eigenvalue weighted by molar-refractivity contribution is 0.101. The highest BCUT2D eigenvalue weighted by molar-refractivity contribution is 7.19. The monoisotopic (exact) mass is 403 g/mol. The summed E-state index contributed by atoms with van der Waals surface area (Å²) >= 11 is 2.65. The molecule has 0 unspecified atom stereocenters. The molecule has 1 amide bonds. The van der Waals surface area contributed by atoms with Crippen LogP contribution in [-0.2, 0) is 7.05 Å². The van der Waals surface area contributed by atoms with E-state index in [0.29, 0.717) is 10.0 Å². The number of aryl methyl sites for hydroxylation is 1. The van der Waals surface area contributed by atoms with E-state index in [0.717, 1.165) is 28.5 Å². The molecule has 3 heterocycles. The first-order valence-corrected chi connectivity index (χ1v) is 9.38. The zero-order valence-corrected chi connectivity index (χ0v) is 15.4. The number of rotatable bonds is 4. The number of aromatic nitrogens is 4. The highest BCUT2D eigenvalue weighted by Gasteiger charge is 2.19. The summed E-state index contributed by atoms with van der Waals surface area (Å²) in [5, 5.41) is 10.5. The number of hydrogen-bond acceptors (Lipinski definition) is 6. The molecular weight excluding hydrogens is 392 g/mol. The molecule has 4 rings (SSSR count). The van der Waals surface area contributed by atoms with Crippen molar-refractivity contribution in [3.63, 3.8) is 0 Å². The highest BCUT2D eigenvalue weighted by atomic mass is 32.1. The normalized spacial score (nSPS) is 10.9. The van der Waals surface area contributed by atoms with Crippen LogP contribution in [0.2, 0.25) is 0 Å². The van der Waals surface area contributed by atoms with Gasteiger partial charge in [-0.25, -0.2) is 18.7 Å². The second-order valence-corrected chi connectivity index (χ2v) is 7.38. The van der Waals surface area contributed by atoms with E-state index < -0.39 is 23.1 Å². The van der Waals surface area contributed by atoms with Gasteiger partial charge < -0.3 is 5.32 Å². The Morgan fingerprint density at radius 2 is 1.96 bits per heavy atom. The van der Waals surface area contributed by atoms with Gasteiger partial charge in [-0.05, 0) is 18.2 Å². The second kappa shape index (κ2) is 6.97. The minimum atomic E-state index is -0.919. The maximum atomic E-state index is 13.7. The SMILES string of the molecule is Cn1nc(-c2nccs2)cc1-c1ncc(NC(=O)c2c(F)cccc2F)s1. The molecule has 27 heavy (non-hydrogen) atoms. The molecule has 1 N–H and O–H groups in total. The minimum absolute atomic E-state index is 0.370. The molecule has 10 heteroatoms. The first kappa shape index (κ1) is 17.4. The van der Waals surface area contributed by atoms with Crippen LogP contribution in [0.5, 0.6) is 0 Å². The molecule has 0 saturated carbocycles. The minimum Gasteiger partial charge on any atom is -0.312 e. The van der Waals surface area contributed by atoms with Crippen LogP contribution < -0.4 is 5.32 Å². The van der Waals surface area contributed by atoms with Gasteiger partial charge in [-0.3, -0.25) is 9.48 Å². The topological polar surface area (TPSA) is 72.7 Å². The molecule has 0 aliphatic carbocycles. The number of nitrogens with one attached hydrogen (secondary N) is 1. The number of benzene rings is 1. The molecule has 0 radical (unpaired) electrons. The predicted octanol–water partition coefficient (Wildman–Crippen LogP) is 4.20. The number of carbonyl (C=O) groups excluding carboxylic acids is 1. The number of thiazole rings is 2.